The smallest absolute Gasteiger partial charge is 0.198 e. The second-order valence-corrected chi connectivity index (χ2v) is 11.6. The predicted octanol–water partition coefficient (Wildman–Crippen LogP) is 5.31. The Hall–Kier alpha value is -1.43. The lowest BCUT2D eigenvalue weighted by atomic mass is 9.95. The van der Waals surface area contributed by atoms with Crippen LogP contribution < -0.4 is 0 Å². The summed E-state index contributed by atoms with van der Waals surface area (Å²) in [6, 6.07) is 26.0. The van der Waals surface area contributed by atoms with E-state index in [2.05, 4.69) is 31.9 Å². The Kier molecular flexibility index (Phi) is 3.94. The Bertz CT molecular complexity index is 957. The highest BCUT2D eigenvalue weighted by Gasteiger charge is 2.65. The summed E-state index contributed by atoms with van der Waals surface area (Å²) in [7, 11) is -3.76. The molecule has 25 heavy (non-hydrogen) atoms. The van der Waals surface area contributed by atoms with Gasteiger partial charge in [-0.15, -0.1) is 0 Å². The van der Waals surface area contributed by atoms with Crippen LogP contribution in [-0.2, 0) is 17.1 Å². The van der Waals surface area contributed by atoms with Crippen molar-refractivity contribution in [3.8, 4) is 0 Å². The molecule has 0 saturated carbocycles. The van der Waals surface area contributed by atoms with E-state index in [1.54, 1.807) is 0 Å². The molecule has 2 atom stereocenters. The van der Waals surface area contributed by atoms with Gasteiger partial charge in [-0.3, -0.25) is 0 Å². The number of hydrogen-bond acceptors (Lipinski definition) is 2. The Morgan fingerprint density at radius 3 is 1.24 bits per heavy atom. The zero-order valence-corrected chi connectivity index (χ0v) is 17.1. The average molecular weight is 478 g/mol. The molecule has 3 aromatic carbocycles. The van der Waals surface area contributed by atoms with Gasteiger partial charge in [0.2, 0.25) is 0 Å². The lowest BCUT2D eigenvalue weighted by Crippen LogP contribution is -2.35. The molecule has 1 aliphatic heterocycles. The minimum absolute atomic E-state index is 0.694. The second kappa shape index (κ2) is 5.79. The lowest BCUT2D eigenvalue weighted by Gasteiger charge is -2.28. The van der Waals surface area contributed by atoms with Crippen LogP contribution in [-0.4, -0.2) is 8.42 Å². The summed E-state index contributed by atoms with van der Waals surface area (Å²) in [6.45, 7) is 0. The van der Waals surface area contributed by atoms with Gasteiger partial charge in [-0.1, -0.05) is 117 Å². The first-order valence-electron chi connectivity index (χ1n) is 7.77. The molecule has 0 unspecified atom stereocenters. The van der Waals surface area contributed by atoms with Crippen LogP contribution in [0, 0.1) is 0 Å². The van der Waals surface area contributed by atoms with Crippen LogP contribution in [0.25, 0.3) is 0 Å². The van der Waals surface area contributed by atoms with E-state index < -0.39 is 17.1 Å². The van der Waals surface area contributed by atoms with E-state index >= 15 is 0 Å². The molecule has 0 N–H and O–H groups in total. The van der Waals surface area contributed by atoms with Crippen molar-refractivity contribution in [1.29, 1.82) is 0 Å². The summed E-state index contributed by atoms with van der Waals surface area (Å²) in [4.78, 5) is 0. The standard InChI is InChI=1S/C20H14Br2O2S/c21-19(15-9-3-1-4-10-15)17-13-7-8-14-18(17)20(22,25(19,23)24)16-11-5-2-6-12-16/h1-14H/t19-,20-/m0/s1. The van der Waals surface area contributed by atoms with Gasteiger partial charge in [0.25, 0.3) is 0 Å². The maximum absolute atomic E-state index is 13.9. The molecule has 0 fully saturated rings. The molecule has 2 nitrogen and oxygen atoms in total. The molecule has 5 heteroatoms. The molecule has 0 aromatic heterocycles. The van der Waals surface area contributed by atoms with Crippen molar-refractivity contribution in [2.75, 3.05) is 0 Å². The molecule has 0 aliphatic carbocycles. The van der Waals surface area contributed by atoms with Crippen LogP contribution >= 0.6 is 31.9 Å². The zero-order chi connectivity index (χ0) is 17.7. The van der Waals surface area contributed by atoms with Crippen molar-refractivity contribution in [2.24, 2.45) is 0 Å². The maximum Gasteiger partial charge on any atom is 0.198 e. The van der Waals surface area contributed by atoms with Gasteiger partial charge in [-0.2, -0.15) is 0 Å². The molecule has 0 radical (unpaired) electrons. The quantitative estimate of drug-likeness (QED) is 0.469. The summed E-state index contributed by atoms with van der Waals surface area (Å²) in [5.74, 6) is 0. The third kappa shape index (κ3) is 2.09. The van der Waals surface area contributed by atoms with Crippen LogP contribution in [0.2, 0.25) is 0 Å². The highest BCUT2D eigenvalue weighted by Crippen LogP contribution is 2.63. The normalized spacial score (nSPS) is 27.0. The van der Waals surface area contributed by atoms with Gasteiger partial charge in [0.1, 0.15) is 0 Å². The fourth-order valence-corrected chi connectivity index (χ4v) is 9.00. The predicted molar refractivity (Wildman–Crippen MR) is 108 cm³/mol. The Labute approximate surface area is 164 Å². The Balaban J connectivity index is 2.12. The molecule has 4 rings (SSSR count). The molecule has 1 aliphatic rings. The second-order valence-electron chi connectivity index (χ2n) is 5.97. The molecular formula is C20H14Br2O2S. The fourth-order valence-electron chi connectivity index (χ4n) is 3.45. The molecule has 0 amide bonds. The van der Waals surface area contributed by atoms with Crippen LogP contribution in [0.1, 0.15) is 22.3 Å². The van der Waals surface area contributed by atoms with Crippen molar-refractivity contribution in [1.82, 2.24) is 0 Å². The van der Waals surface area contributed by atoms with Crippen molar-refractivity contribution >= 4 is 41.7 Å². The Morgan fingerprint density at radius 1 is 0.560 bits per heavy atom. The number of fused-ring (bicyclic) bond motifs is 1. The molecule has 126 valence electrons. The lowest BCUT2D eigenvalue weighted by molar-refractivity contribution is 0.582. The summed E-state index contributed by atoms with van der Waals surface area (Å²) in [5, 5.41) is 0. The number of rotatable bonds is 2. The number of halogens is 2. The third-order valence-corrected chi connectivity index (χ3v) is 11.4. The molecule has 0 saturated heterocycles. The minimum atomic E-state index is -3.76. The van der Waals surface area contributed by atoms with Gasteiger partial charge in [-0.25, -0.2) is 8.42 Å². The van der Waals surface area contributed by atoms with E-state index in [9.17, 15) is 8.42 Å². The summed E-state index contributed by atoms with van der Waals surface area (Å²) in [6.07, 6.45) is 0. The van der Waals surface area contributed by atoms with Gasteiger partial charge in [0.05, 0.1) is 0 Å². The first kappa shape index (κ1) is 17.0. The van der Waals surface area contributed by atoms with Gasteiger partial charge in [0, 0.05) is 0 Å². The van der Waals surface area contributed by atoms with E-state index in [0.29, 0.717) is 11.1 Å². The largest absolute Gasteiger partial charge is 0.224 e. The van der Waals surface area contributed by atoms with Crippen LogP contribution in [0.4, 0.5) is 0 Å². The first-order chi connectivity index (χ1) is 11.9. The van der Waals surface area contributed by atoms with Crippen molar-refractivity contribution in [3.05, 3.63) is 107 Å². The third-order valence-electron chi connectivity index (χ3n) is 4.65. The molecule has 1 heterocycles. The number of sulfone groups is 1. The van der Waals surface area contributed by atoms with E-state index in [-0.39, 0.29) is 0 Å². The van der Waals surface area contributed by atoms with E-state index in [1.807, 2.05) is 84.9 Å². The summed E-state index contributed by atoms with van der Waals surface area (Å²) >= 11 is 7.26. The summed E-state index contributed by atoms with van der Waals surface area (Å²) < 4.78 is 25.2. The summed E-state index contributed by atoms with van der Waals surface area (Å²) in [5.41, 5.74) is 2.86. The van der Waals surface area contributed by atoms with Gasteiger partial charge < -0.3 is 0 Å². The highest BCUT2D eigenvalue weighted by atomic mass is 79.9. The first-order valence-corrected chi connectivity index (χ1v) is 10.8. The number of alkyl halides is 2. The minimum Gasteiger partial charge on any atom is -0.224 e. The average Bonchev–Trinajstić information content (AvgIpc) is 2.81. The van der Waals surface area contributed by atoms with Crippen molar-refractivity contribution < 1.29 is 8.42 Å². The van der Waals surface area contributed by atoms with Crippen LogP contribution in [0.5, 0.6) is 0 Å². The molecular weight excluding hydrogens is 464 g/mol. The topological polar surface area (TPSA) is 34.1 Å². The van der Waals surface area contributed by atoms with Gasteiger partial charge in [-0.05, 0) is 22.3 Å². The van der Waals surface area contributed by atoms with E-state index in [4.69, 9.17) is 0 Å². The molecule has 0 bridgehead atoms. The fraction of sp³-hybridized carbons (Fsp3) is 0.100. The SMILES string of the molecule is O=S1(=O)[C@@](Br)(c2ccccc2)c2ccccc2[C@]1(Br)c1ccccc1. The molecule has 0 spiro atoms. The van der Waals surface area contributed by atoms with Crippen molar-refractivity contribution in [2.45, 2.75) is 7.31 Å². The van der Waals surface area contributed by atoms with Gasteiger partial charge in [0.15, 0.2) is 17.1 Å². The number of hydrogen-bond donors (Lipinski definition) is 0. The van der Waals surface area contributed by atoms with Gasteiger partial charge >= 0.3 is 0 Å². The number of benzene rings is 3. The van der Waals surface area contributed by atoms with E-state index in [0.717, 1.165) is 11.1 Å². The zero-order valence-electron chi connectivity index (χ0n) is 13.1. The Morgan fingerprint density at radius 2 is 0.880 bits per heavy atom. The van der Waals surface area contributed by atoms with Crippen LogP contribution in [0.15, 0.2) is 84.9 Å². The van der Waals surface area contributed by atoms with Crippen LogP contribution in [0.3, 0.4) is 0 Å². The molecule has 3 aromatic rings. The maximum atomic E-state index is 13.9. The van der Waals surface area contributed by atoms with E-state index in [1.165, 1.54) is 0 Å². The highest BCUT2D eigenvalue weighted by molar-refractivity contribution is 9.13. The van der Waals surface area contributed by atoms with Crippen molar-refractivity contribution in [3.63, 3.8) is 0 Å². The monoisotopic (exact) mass is 476 g/mol.